The maximum atomic E-state index is 5.22. The molecule has 6 heteroatoms. The lowest BCUT2D eigenvalue weighted by Crippen LogP contribution is -2.16. The fraction of sp³-hybridized carbons (Fsp3) is 0. The molecule has 0 unspecified atom stereocenters. The number of hydrogen-bond acceptors (Lipinski definition) is 5. The van der Waals surface area contributed by atoms with Crippen LogP contribution in [0.2, 0.25) is 0 Å². The van der Waals surface area contributed by atoms with Gasteiger partial charge in [0.15, 0.2) is 11.5 Å². The molecule has 1 aliphatic heterocycles. The fourth-order valence-corrected chi connectivity index (χ4v) is 1.71. The van der Waals surface area contributed by atoms with Gasteiger partial charge in [0.1, 0.15) is 12.1 Å². The van der Waals surface area contributed by atoms with Gasteiger partial charge >= 0.3 is 0 Å². The first-order valence-electron chi connectivity index (χ1n) is 4.55. The summed E-state index contributed by atoms with van der Waals surface area (Å²) in [6.45, 7) is 0. The summed E-state index contributed by atoms with van der Waals surface area (Å²) in [7, 11) is 0. The van der Waals surface area contributed by atoms with E-state index in [1.54, 1.807) is 36.8 Å². The number of hydrogen-bond donors (Lipinski definition) is 0. The van der Waals surface area contributed by atoms with Crippen molar-refractivity contribution in [2.75, 3.05) is 0 Å². The minimum absolute atomic E-state index is 0.511. The normalized spacial score (nSPS) is 15.2. The van der Waals surface area contributed by atoms with Gasteiger partial charge in [-0.25, -0.2) is 4.99 Å². The Morgan fingerprint density at radius 2 is 1.62 bits per heavy atom. The van der Waals surface area contributed by atoms with Crippen molar-refractivity contribution in [3.05, 3.63) is 48.3 Å². The molecule has 1 aliphatic rings. The molecule has 0 atom stereocenters. The third kappa shape index (κ3) is 1.63. The second kappa shape index (κ2) is 3.90. The van der Waals surface area contributed by atoms with E-state index in [0.717, 1.165) is 12.1 Å². The van der Waals surface area contributed by atoms with Gasteiger partial charge in [0.2, 0.25) is 11.7 Å². The molecule has 3 rings (SSSR count). The summed E-state index contributed by atoms with van der Waals surface area (Å²) in [6, 6.07) is 7.18. The summed E-state index contributed by atoms with van der Waals surface area (Å²) in [6.07, 6.45) is 3.16. The van der Waals surface area contributed by atoms with Gasteiger partial charge < -0.3 is 8.83 Å². The lowest BCUT2D eigenvalue weighted by atomic mass is 10.4. The van der Waals surface area contributed by atoms with E-state index >= 15 is 0 Å². The molecule has 0 saturated heterocycles. The number of aliphatic imine (C=N–C) groups is 1. The van der Waals surface area contributed by atoms with Crippen LogP contribution >= 0.6 is 12.1 Å². The molecule has 0 N–H and O–H groups in total. The van der Waals surface area contributed by atoms with Crippen molar-refractivity contribution in [1.82, 2.24) is 4.72 Å². The number of rotatable bonds is 2. The Balaban J connectivity index is 1.96. The van der Waals surface area contributed by atoms with Gasteiger partial charge in [-0.2, -0.15) is 9.12 Å². The smallest absolute Gasteiger partial charge is 0.207 e. The van der Waals surface area contributed by atoms with Gasteiger partial charge in [-0.05, 0) is 24.3 Å². The minimum Gasteiger partial charge on any atom is -0.461 e. The largest absolute Gasteiger partial charge is 0.461 e. The van der Waals surface area contributed by atoms with Crippen LogP contribution in [0.15, 0.2) is 55.0 Å². The standard InChI is InChI=1S/C10H6N3O2S/c1-3-7(14-5-1)9-11-10(13-16-12-9)8-4-2-6-15-8/h1-6H. The zero-order chi connectivity index (χ0) is 10.8. The summed E-state index contributed by atoms with van der Waals surface area (Å²) < 4.78 is 18.6. The molecular formula is C10H6N3O2S. The predicted octanol–water partition coefficient (Wildman–Crippen LogP) is 2.25. The van der Waals surface area contributed by atoms with E-state index in [1.165, 1.54) is 0 Å². The van der Waals surface area contributed by atoms with Crippen LogP contribution in [-0.2, 0) is 0 Å². The van der Waals surface area contributed by atoms with Crippen molar-refractivity contribution in [2.45, 2.75) is 0 Å². The van der Waals surface area contributed by atoms with Crippen molar-refractivity contribution in [2.24, 2.45) is 9.39 Å². The van der Waals surface area contributed by atoms with E-state index < -0.39 is 0 Å². The third-order valence-corrected chi connectivity index (χ3v) is 2.46. The highest BCUT2D eigenvalue weighted by Crippen LogP contribution is 2.16. The first-order valence-corrected chi connectivity index (χ1v) is 5.28. The Morgan fingerprint density at radius 1 is 0.938 bits per heavy atom. The maximum absolute atomic E-state index is 5.22. The monoisotopic (exact) mass is 232 g/mol. The highest BCUT2D eigenvalue weighted by atomic mass is 32.2. The van der Waals surface area contributed by atoms with Crippen LogP contribution < -0.4 is 4.72 Å². The van der Waals surface area contributed by atoms with E-state index in [2.05, 4.69) is 14.1 Å². The van der Waals surface area contributed by atoms with Crippen molar-refractivity contribution in [3.8, 4) is 0 Å². The molecular weight excluding hydrogens is 226 g/mol. The summed E-state index contributed by atoms with van der Waals surface area (Å²) >= 11 is 1.07. The van der Waals surface area contributed by atoms with Crippen LogP contribution in [0.25, 0.3) is 0 Å². The second-order valence-electron chi connectivity index (χ2n) is 2.98. The Bertz CT molecular complexity index is 528. The van der Waals surface area contributed by atoms with E-state index in [0.29, 0.717) is 23.2 Å². The molecule has 16 heavy (non-hydrogen) atoms. The lowest BCUT2D eigenvalue weighted by molar-refractivity contribution is 0.554. The third-order valence-electron chi connectivity index (χ3n) is 1.95. The van der Waals surface area contributed by atoms with E-state index in [-0.39, 0.29) is 0 Å². The van der Waals surface area contributed by atoms with Gasteiger partial charge in [-0.3, -0.25) is 0 Å². The number of furan rings is 2. The molecule has 3 heterocycles. The van der Waals surface area contributed by atoms with Gasteiger partial charge in [0.05, 0.1) is 12.5 Å². The highest BCUT2D eigenvalue weighted by Gasteiger charge is 2.17. The Labute approximate surface area is 95.5 Å². The SMILES string of the molecule is c1coc(C2=NC(c3ccco3)=NS[N]2)c1. The molecule has 0 aromatic carbocycles. The van der Waals surface area contributed by atoms with E-state index in [1.807, 2.05) is 0 Å². The second-order valence-corrected chi connectivity index (χ2v) is 3.51. The molecule has 5 nitrogen and oxygen atoms in total. The van der Waals surface area contributed by atoms with Crippen LogP contribution in [0.5, 0.6) is 0 Å². The molecule has 0 saturated carbocycles. The van der Waals surface area contributed by atoms with Crippen LogP contribution in [-0.4, -0.2) is 11.7 Å². The van der Waals surface area contributed by atoms with Crippen LogP contribution in [0.3, 0.4) is 0 Å². The zero-order valence-electron chi connectivity index (χ0n) is 8.03. The van der Waals surface area contributed by atoms with Gasteiger partial charge in [0.25, 0.3) is 0 Å². The first-order chi connectivity index (χ1) is 7.93. The highest BCUT2D eigenvalue weighted by molar-refractivity contribution is 7.96. The quantitative estimate of drug-likeness (QED) is 0.746. The van der Waals surface area contributed by atoms with Crippen molar-refractivity contribution in [3.63, 3.8) is 0 Å². The van der Waals surface area contributed by atoms with Crippen molar-refractivity contribution in [1.29, 1.82) is 0 Å². The van der Waals surface area contributed by atoms with Crippen LogP contribution in [0.4, 0.5) is 0 Å². The molecule has 0 bridgehead atoms. The van der Waals surface area contributed by atoms with Crippen LogP contribution in [0, 0.1) is 0 Å². The molecule has 79 valence electrons. The topological polar surface area (TPSA) is 65.1 Å². The lowest BCUT2D eigenvalue weighted by Gasteiger charge is -2.06. The molecule has 0 spiro atoms. The Kier molecular flexibility index (Phi) is 2.26. The fourth-order valence-electron chi connectivity index (χ4n) is 1.25. The Morgan fingerprint density at radius 3 is 2.25 bits per heavy atom. The predicted molar refractivity (Wildman–Crippen MR) is 60.2 cm³/mol. The molecule has 0 aliphatic carbocycles. The van der Waals surface area contributed by atoms with Gasteiger partial charge in [0, 0.05) is 0 Å². The van der Waals surface area contributed by atoms with Gasteiger partial charge in [-0.15, -0.1) is 0 Å². The first kappa shape index (κ1) is 9.29. The van der Waals surface area contributed by atoms with Crippen LogP contribution in [0.1, 0.15) is 11.5 Å². The Hall–Kier alpha value is -1.95. The number of nitrogens with zero attached hydrogens (tertiary/aromatic N) is 3. The van der Waals surface area contributed by atoms with Crippen molar-refractivity contribution >= 4 is 23.8 Å². The molecule has 1 radical (unpaired) electrons. The number of amidine groups is 2. The maximum Gasteiger partial charge on any atom is 0.207 e. The molecule has 2 aromatic heterocycles. The zero-order valence-corrected chi connectivity index (χ0v) is 8.85. The van der Waals surface area contributed by atoms with Gasteiger partial charge in [-0.1, -0.05) is 0 Å². The average molecular weight is 232 g/mol. The molecule has 2 aromatic rings. The van der Waals surface area contributed by atoms with E-state index in [9.17, 15) is 0 Å². The summed E-state index contributed by atoms with van der Waals surface area (Å²) in [5, 5.41) is 0. The van der Waals surface area contributed by atoms with E-state index in [4.69, 9.17) is 8.83 Å². The summed E-state index contributed by atoms with van der Waals surface area (Å²) in [5.74, 6) is 2.26. The summed E-state index contributed by atoms with van der Waals surface area (Å²) in [5.41, 5.74) is 0. The average Bonchev–Trinajstić information content (AvgIpc) is 3.03. The van der Waals surface area contributed by atoms with Crippen molar-refractivity contribution < 1.29 is 8.83 Å². The molecule has 0 fully saturated rings. The summed E-state index contributed by atoms with van der Waals surface area (Å²) in [4.78, 5) is 4.26. The minimum atomic E-state index is 0.511. The molecule has 0 amide bonds.